The molecule has 0 aliphatic rings. The first-order chi connectivity index (χ1) is 9.19. The first-order valence-corrected chi connectivity index (χ1v) is 6.07. The highest BCUT2D eigenvalue weighted by Gasteiger charge is 2.09. The first kappa shape index (κ1) is 15.2. The Morgan fingerprint density at radius 1 is 1.58 bits per heavy atom. The van der Waals surface area contributed by atoms with Crippen molar-refractivity contribution in [3.05, 3.63) is 36.9 Å². The highest BCUT2D eigenvalue weighted by molar-refractivity contribution is 5.92. The molecule has 2 N–H and O–H groups in total. The average Bonchev–Trinajstić information content (AvgIpc) is 2.39. The van der Waals surface area contributed by atoms with Gasteiger partial charge < -0.3 is 15.2 Å². The third kappa shape index (κ3) is 5.54. The van der Waals surface area contributed by atoms with Crippen molar-refractivity contribution < 1.29 is 14.6 Å². The molecule has 0 saturated heterocycles. The number of anilines is 1. The van der Waals surface area contributed by atoms with Crippen molar-refractivity contribution in [1.29, 1.82) is 0 Å². The van der Waals surface area contributed by atoms with Crippen molar-refractivity contribution in [3.63, 3.8) is 0 Å². The summed E-state index contributed by atoms with van der Waals surface area (Å²) in [4.78, 5) is 13.7. The van der Waals surface area contributed by atoms with Crippen LogP contribution in [0.3, 0.4) is 0 Å². The van der Waals surface area contributed by atoms with E-state index in [-0.39, 0.29) is 19.1 Å². The van der Waals surface area contributed by atoms with E-state index in [0.717, 1.165) is 0 Å². The summed E-state index contributed by atoms with van der Waals surface area (Å²) in [6, 6.07) is 7.17. The fraction of sp³-hybridized carbons (Fsp3) is 0.357. The molecule has 5 nitrogen and oxygen atoms in total. The van der Waals surface area contributed by atoms with Crippen LogP contribution in [0, 0.1) is 0 Å². The lowest BCUT2D eigenvalue weighted by Crippen LogP contribution is -2.35. The van der Waals surface area contributed by atoms with Gasteiger partial charge in [-0.3, -0.25) is 9.69 Å². The van der Waals surface area contributed by atoms with Gasteiger partial charge in [-0.2, -0.15) is 0 Å². The molecule has 0 atom stereocenters. The molecule has 1 aromatic rings. The van der Waals surface area contributed by atoms with Gasteiger partial charge in [-0.25, -0.2) is 0 Å². The SMILES string of the molecule is C=CCN(CCO)CC(=O)Nc1cccc(OC)c1. The number of aliphatic hydroxyl groups excluding tert-OH is 1. The van der Waals surface area contributed by atoms with Gasteiger partial charge in [0.25, 0.3) is 0 Å². The smallest absolute Gasteiger partial charge is 0.238 e. The molecule has 0 unspecified atom stereocenters. The largest absolute Gasteiger partial charge is 0.497 e. The van der Waals surface area contributed by atoms with Crippen molar-refractivity contribution >= 4 is 11.6 Å². The Kier molecular flexibility index (Phi) is 6.63. The molecular weight excluding hydrogens is 244 g/mol. The Morgan fingerprint density at radius 3 is 3.00 bits per heavy atom. The minimum atomic E-state index is -0.136. The number of amides is 1. The van der Waals surface area contributed by atoms with E-state index < -0.39 is 0 Å². The summed E-state index contributed by atoms with van der Waals surface area (Å²) in [5, 5.41) is 11.7. The van der Waals surface area contributed by atoms with Crippen LogP contribution in [0.5, 0.6) is 5.75 Å². The zero-order valence-corrected chi connectivity index (χ0v) is 11.1. The predicted octanol–water partition coefficient (Wildman–Crippen LogP) is 1.11. The van der Waals surface area contributed by atoms with Gasteiger partial charge >= 0.3 is 0 Å². The van der Waals surface area contributed by atoms with Crippen LogP contribution in [0.25, 0.3) is 0 Å². The number of ether oxygens (including phenoxy) is 1. The van der Waals surface area contributed by atoms with Crippen LogP contribution < -0.4 is 10.1 Å². The van der Waals surface area contributed by atoms with Crippen LogP contribution in [-0.2, 0) is 4.79 Å². The van der Waals surface area contributed by atoms with E-state index in [4.69, 9.17) is 9.84 Å². The second-order valence-corrected chi connectivity index (χ2v) is 4.03. The third-order valence-electron chi connectivity index (χ3n) is 2.52. The summed E-state index contributed by atoms with van der Waals surface area (Å²) in [6.45, 7) is 4.86. The van der Waals surface area contributed by atoms with Crippen molar-refractivity contribution in [2.75, 3.05) is 38.7 Å². The summed E-state index contributed by atoms with van der Waals surface area (Å²) < 4.78 is 5.09. The Balaban J connectivity index is 2.55. The number of hydrogen-bond acceptors (Lipinski definition) is 4. The van der Waals surface area contributed by atoms with E-state index in [1.54, 1.807) is 25.3 Å². The lowest BCUT2D eigenvalue weighted by Gasteiger charge is -2.18. The minimum absolute atomic E-state index is 0.0142. The predicted molar refractivity (Wildman–Crippen MR) is 75.3 cm³/mol. The van der Waals surface area contributed by atoms with Crippen molar-refractivity contribution in [3.8, 4) is 5.75 Å². The first-order valence-electron chi connectivity index (χ1n) is 6.07. The van der Waals surface area contributed by atoms with Crippen LogP contribution in [-0.4, -0.2) is 49.3 Å². The lowest BCUT2D eigenvalue weighted by molar-refractivity contribution is -0.117. The lowest BCUT2D eigenvalue weighted by atomic mass is 10.3. The fourth-order valence-electron chi connectivity index (χ4n) is 1.66. The number of aliphatic hydroxyl groups is 1. The van der Waals surface area contributed by atoms with Gasteiger partial charge in [-0.1, -0.05) is 12.1 Å². The molecule has 5 heteroatoms. The zero-order chi connectivity index (χ0) is 14.1. The summed E-state index contributed by atoms with van der Waals surface area (Å²) in [7, 11) is 1.58. The summed E-state index contributed by atoms with van der Waals surface area (Å²) in [5.41, 5.74) is 0.687. The topological polar surface area (TPSA) is 61.8 Å². The summed E-state index contributed by atoms with van der Waals surface area (Å²) >= 11 is 0. The van der Waals surface area contributed by atoms with Crippen LogP contribution in [0.4, 0.5) is 5.69 Å². The van der Waals surface area contributed by atoms with Gasteiger partial charge in [0.1, 0.15) is 5.75 Å². The van der Waals surface area contributed by atoms with Crippen molar-refractivity contribution in [1.82, 2.24) is 4.90 Å². The number of hydrogen-bond donors (Lipinski definition) is 2. The van der Waals surface area contributed by atoms with E-state index >= 15 is 0 Å². The number of nitrogens with zero attached hydrogens (tertiary/aromatic N) is 1. The number of benzene rings is 1. The minimum Gasteiger partial charge on any atom is -0.497 e. The molecule has 0 aliphatic carbocycles. The maximum absolute atomic E-state index is 11.9. The zero-order valence-electron chi connectivity index (χ0n) is 11.1. The molecule has 1 aromatic carbocycles. The van der Waals surface area contributed by atoms with Crippen LogP contribution in [0.2, 0.25) is 0 Å². The number of nitrogens with one attached hydrogen (secondary N) is 1. The molecule has 0 fully saturated rings. The van der Waals surface area contributed by atoms with Gasteiger partial charge in [0, 0.05) is 24.8 Å². The van der Waals surface area contributed by atoms with Gasteiger partial charge in [-0.15, -0.1) is 6.58 Å². The average molecular weight is 264 g/mol. The Hall–Kier alpha value is -1.85. The Labute approximate surface area is 113 Å². The highest BCUT2D eigenvalue weighted by atomic mass is 16.5. The number of carbonyl (C=O) groups excluding carboxylic acids is 1. The van der Waals surface area contributed by atoms with Gasteiger partial charge in [0.2, 0.25) is 5.91 Å². The van der Waals surface area contributed by atoms with Gasteiger partial charge in [0.15, 0.2) is 0 Å². The van der Waals surface area contributed by atoms with E-state index in [1.165, 1.54) is 0 Å². The van der Waals surface area contributed by atoms with Crippen LogP contribution >= 0.6 is 0 Å². The van der Waals surface area contributed by atoms with Gasteiger partial charge in [0.05, 0.1) is 20.3 Å². The molecule has 19 heavy (non-hydrogen) atoms. The van der Waals surface area contributed by atoms with Crippen LogP contribution in [0.1, 0.15) is 0 Å². The molecule has 0 bridgehead atoms. The number of methoxy groups -OCH3 is 1. The van der Waals surface area contributed by atoms with E-state index in [1.807, 2.05) is 17.0 Å². The Morgan fingerprint density at radius 2 is 2.37 bits per heavy atom. The molecule has 104 valence electrons. The second kappa shape index (κ2) is 8.29. The number of rotatable bonds is 8. The molecule has 0 aliphatic heterocycles. The Bertz CT molecular complexity index is 421. The maximum Gasteiger partial charge on any atom is 0.238 e. The summed E-state index contributed by atoms with van der Waals surface area (Å²) in [5.74, 6) is 0.555. The number of carbonyl (C=O) groups is 1. The standard InChI is InChI=1S/C14H20N2O3/c1-3-7-16(8-9-17)11-14(18)15-12-5-4-6-13(10-12)19-2/h3-6,10,17H,1,7-9,11H2,2H3,(H,15,18). The molecule has 1 amide bonds. The second-order valence-electron chi connectivity index (χ2n) is 4.03. The van der Waals surface area contributed by atoms with E-state index in [9.17, 15) is 4.79 Å². The van der Waals surface area contributed by atoms with Crippen molar-refractivity contribution in [2.24, 2.45) is 0 Å². The highest BCUT2D eigenvalue weighted by Crippen LogP contribution is 2.16. The third-order valence-corrected chi connectivity index (χ3v) is 2.52. The quantitative estimate of drug-likeness (QED) is 0.691. The van der Waals surface area contributed by atoms with Crippen molar-refractivity contribution in [2.45, 2.75) is 0 Å². The molecule has 0 heterocycles. The van der Waals surface area contributed by atoms with Gasteiger partial charge in [-0.05, 0) is 12.1 Å². The fourth-order valence-corrected chi connectivity index (χ4v) is 1.66. The molecule has 0 radical (unpaired) electrons. The normalized spacial score (nSPS) is 10.3. The molecule has 0 saturated carbocycles. The monoisotopic (exact) mass is 264 g/mol. The maximum atomic E-state index is 11.9. The van der Waals surface area contributed by atoms with Crippen LogP contribution in [0.15, 0.2) is 36.9 Å². The van der Waals surface area contributed by atoms with E-state index in [2.05, 4.69) is 11.9 Å². The summed E-state index contributed by atoms with van der Waals surface area (Å²) in [6.07, 6.45) is 1.70. The van der Waals surface area contributed by atoms with E-state index in [0.29, 0.717) is 24.5 Å². The molecule has 1 rings (SSSR count). The molecule has 0 aromatic heterocycles. The molecular formula is C14H20N2O3. The molecule has 0 spiro atoms.